The van der Waals surface area contributed by atoms with Gasteiger partial charge in [0.2, 0.25) is 0 Å². The second-order valence-corrected chi connectivity index (χ2v) is 5.55. The lowest BCUT2D eigenvalue weighted by atomic mass is 10.0. The zero-order valence-electron chi connectivity index (χ0n) is 10.5. The maximum atomic E-state index is 5.80. The molecule has 3 heteroatoms. The number of aromatic nitrogens is 1. The Bertz CT molecular complexity index is 351. The first-order valence-electron chi connectivity index (χ1n) is 7.07. The third-order valence-corrected chi connectivity index (χ3v) is 3.92. The second-order valence-electron chi connectivity index (χ2n) is 5.55. The minimum atomic E-state index is 0.780. The van der Waals surface area contributed by atoms with Crippen LogP contribution in [-0.4, -0.2) is 17.6 Å². The summed E-state index contributed by atoms with van der Waals surface area (Å²) in [4.78, 5) is 4.37. The fourth-order valence-electron chi connectivity index (χ4n) is 2.73. The molecule has 0 spiro atoms. The van der Waals surface area contributed by atoms with Crippen molar-refractivity contribution in [3.63, 3.8) is 0 Å². The quantitative estimate of drug-likeness (QED) is 0.822. The molecule has 0 radical (unpaired) electrons. The van der Waals surface area contributed by atoms with E-state index in [1.54, 1.807) is 0 Å². The van der Waals surface area contributed by atoms with E-state index in [-0.39, 0.29) is 0 Å². The Morgan fingerprint density at radius 3 is 2.82 bits per heavy atom. The zero-order valence-corrected chi connectivity index (χ0v) is 10.5. The van der Waals surface area contributed by atoms with Crippen LogP contribution in [0.4, 0.5) is 0 Å². The van der Waals surface area contributed by atoms with Crippen LogP contribution in [0.15, 0.2) is 10.6 Å². The summed E-state index contributed by atoms with van der Waals surface area (Å²) in [6.45, 7) is 1.01. The fourth-order valence-corrected chi connectivity index (χ4v) is 2.73. The Hall–Kier alpha value is -0.830. The number of hydrogen-bond acceptors (Lipinski definition) is 3. The van der Waals surface area contributed by atoms with Crippen LogP contribution in [-0.2, 0) is 12.8 Å². The summed E-state index contributed by atoms with van der Waals surface area (Å²) in [6, 6.07) is 0.780. The second kappa shape index (κ2) is 5.21. The number of hydrogen-bond donors (Lipinski definition) is 1. The van der Waals surface area contributed by atoms with E-state index in [9.17, 15) is 0 Å². The third kappa shape index (κ3) is 3.32. The van der Waals surface area contributed by atoms with E-state index in [0.717, 1.165) is 43.0 Å². The van der Waals surface area contributed by atoms with Gasteiger partial charge >= 0.3 is 0 Å². The lowest BCUT2D eigenvalue weighted by Crippen LogP contribution is -2.19. The van der Waals surface area contributed by atoms with Crippen LogP contribution in [0.2, 0.25) is 0 Å². The average Bonchev–Trinajstić information content (AvgIpc) is 2.83. The van der Waals surface area contributed by atoms with E-state index in [4.69, 9.17) is 4.42 Å². The molecule has 17 heavy (non-hydrogen) atoms. The first kappa shape index (κ1) is 11.3. The van der Waals surface area contributed by atoms with E-state index in [1.807, 2.05) is 6.20 Å². The van der Waals surface area contributed by atoms with Crippen LogP contribution in [0.5, 0.6) is 0 Å². The van der Waals surface area contributed by atoms with E-state index in [2.05, 4.69) is 10.3 Å². The van der Waals surface area contributed by atoms with E-state index >= 15 is 0 Å². The molecule has 0 aliphatic heterocycles. The normalized spacial score (nSPS) is 21.2. The molecule has 2 fully saturated rings. The molecule has 0 atom stereocenters. The van der Waals surface area contributed by atoms with Crippen LogP contribution >= 0.6 is 0 Å². The maximum Gasteiger partial charge on any atom is 0.195 e. The average molecular weight is 234 g/mol. The summed E-state index contributed by atoms with van der Waals surface area (Å²) in [7, 11) is 0. The standard InChI is InChI=1S/C14H22N2O/c1-2-4-11(3-1)9-13-10-16-14(17-13)7-8-15-12-5-6-12/h10-12,15H,1-9H2. The van der Waals surface area contributed by atoms with E-state index in [1.165, 1.54) is 38.5 Å². The van der Waals surface area contributed by atoms with Crippen molar-refractivity contribution in [1.29, 1.82) is 0 Å². The minimum Gasteiger partial charge on any atom is -0.446 e. The summed E-state index contributed by atoms with van der Waals surface area (Å²) in [5.74, 6) is 2.85. The van der Waals surface area contributed by atoms with Crippen LogP contribution < -0.4 is 5.32 Å². The first-order valence-corrected chi connectivity index (χ1v) is 7.07. The molecule has 0 unspecified atom stereocenters. The van der Waals surface area contributed by atoms with Gasteiger partial charge in [-0.3, -0.25) is 0 Å². The van der Waals surface area contributed by atoms with Crippen molar-refractivity contribution in [3.8, 4) is 0 Å². The van der Waals surface area contributed by atoms with Crippen LogP contribution in [0, 0.1) is 5.92 Å². The minimum absolute atomic E-state index is 0.780. The number of nitrogens with one attached hydrogen (secondary N) is 1. The van der Waals surface area contributed by atoms with Gasteiger partial charge in [0.05, 0.1) is 6.20 Å². The highest BCUT2D eigenvalue weighted by atomic mass is 16.4. The molecular formula is C14H22N2O. The summed E-state index contributed by atoms with van der Waals surface area (Å²) >= 11 is 0. The van der Waals surface area contributed by atoms with Gasteiger partial charge in [0.15, 0.2) is 5.89 Å². The van der Waals surface area contributed by atoms with Crippen LogP contribution in [0.25, 0.3) is 0 Å². The van der Waals surface area contributed by atoms with Crippen molar-refractivity contribution in [1.82, 2.24) is 10.3 Å². The Morgan fingerprint density at radius 2 is 2.06 bits per heavy atom. The molecule has 1 aromatic heterocycles. The molecule has 0 bridgehead atoms. The van der Waals surface area contributed by atoms with Gasteiger partial charge in [-0.15, -0.1) is 0 Å². The molecule has 94 valence electrons. The lowest BCUT2D eigenvalue weighted by Gasteiger charge is -2.04. The van der Waals surface area contributed by atoms with Gasteiger partial charge in [-0.05, 0) is 18.8 Å². The predicted molar refractivity (Wildman–Crippen MR) is 66.9 cm³/mol. The molecular weight excluding hydrogens is 212 g/mol. The largest absolute Gasteiger partial charge is 0.446 e. The smallest absolute Gasteiger partial charge is 0.195 e. The number of rotatable bonds is 6. The molecule has 1 N–H and O–H groups in total. The van der Waals surface area contributed by atoms with Crippen molar-refractivity contribution in [2.45, 2.75) is 57.4 Å². The summed E-state index contributed by atoms with van der Waals surface area (Å²) < 4.78 is 5.80. The highest BCUT2D eigenvalue weighted by molar-refractivity contribution is 4.97. The summed E-state index contributed by atoms with van der Waals surface area (Å²) in [5, 5.41) is 3.49. The van der Waals surface area contributed by atoms with Crippen LogP contribution in [0.1, 0.15) is 50.2 Å². The molecule has 3 nitrogen and oxygen atoms in total. The van der Waals surface area contributed by atoms with E-state index < -0.39 is 0 Å². The zero-order chi connectivity index (χ0) is 11.5. The molecule has 1 heterocycles. The first-order chi connectivity index (χ1) is 8.40. The Balaban J connectivity index is 1.43. The summed E-state index contributed by atoms with van der Waals surface area (Å²) in [6.07, 6.45) is 12.2. The Labute approximate surface area is 103 Å². The molecule has 2 saturated carbocycles. The van der Waals surface area contributed by atoms with Crippen LogP contribution in [0.3, 0.4) is 0 Å². The van der Waals surface area contributed by atoms with Gasteiger partial charge in [0.25, 0.3) is 0 Å². The highest BCUT2D eigenvalue weighted by Gasteiger charge is 2.20. The van der Waals surface area contributed by atoms with Gasteiger partial charge in [0, 0.05) is 25.4 Å². The van der Waals surface area contributed by atoms with E-state index in [0.29, 0.717) is 0 Å². The molecule has 2 aliphatic carbocycles. The summed E-state index contributed by atoms with van der Waals surface area (Å²) in [5.41, 5.74) is 0. The van der Waals surface area contributed by atoms with Crippen molar-refractivity contribution in [2.75, 3.05) is 6.54 Å². The van der Waals surface area contributed by atoms with Gasteiger partial charge < -0.3 is 9.73 Å². The maximum absolute atomic E-state index is 5.80. The predicted octanol–water partition coefficient (Wildman–Crippen LogP) is 2.70. The van der Waals surface area contributed by atoms with Crippen molar-refractivity contribution in [3.05, 3.63) is 17.8 Å². The molecule has 0 aromatic carbocycles. The monoisotopic (exact) mass is 234 g/mol. The molecule has 2 aliphatic rings. The Kier molecular flexibility index (Phi) is 3.46. The highest BCUT2D eigenvalue weighted by Crippen LogP contribution is 2.28. The van der Waals surface area contributed by atoms with Crippen molar-refractivity contribution < 1.29 is 4.42 Å². The van der Waals surface area contributed by atoms with Crippen molar-refractivity contribution in [2.24, 2.45) is 5.92 Å². The molecule has 0 saturated heterocycles. The number of nitrogens with zero attached hydrogens (tertiary/aromatic N) is 1. The molecule has 1 aromatic rings. The SMILES string of the molecule is c1nc(CCNC2CC2)oc1CC1CCCC1. The van der Waals surface area contributed by atoms with Gasteiger partial charge in [-0.25, -0.2) is 4.98 Å². The molecule has 3 rings (SSSR count). The topological polar surface area (TPSA) is 38.1 Å². The Morgan fingerprint density at radius 1 is 1.24 bits per heavy atom. The van der Waals surface area contributed by atoms with Gasteiger partial charge in [-0.1, -0.05) is 25.7 Å². The fraction of sp³-hybridized carbons (Fsp3) is 0.786. The number of oxazole rings is 1. The van der Waals surface area contributed by atoms with Crippen molar-refractivity contribution >= 4 is 0 Å². The third-order valence-electron chi connectivity index (χ3n) is 3.92. The van der Waals surface area contributed by atoms with Gasteiger partial charge in [-0.2, -0.15) is 0 Å². The lowest BCUT2D eigenvalue weighted by molar-refractivity contribution is 0.412. The van der Waals surface area contributed by atoms with Gasteiger partial charge in [0.1, 0.15) is 5.76 Å². The molecule has 0 amide bonds.